The maximum atomic E-state index is 12.4. The lowest BCUT2D eigenvalue weighted by molar-refractivity contribution is -0.114. The van der Waals surface area contributed by atoms with Gasteiger partial charge >= 0.3 is 6.03 Å². The molecule has 8 heteroatoms. The summed E-state index contributed by atoms with van der Waals surface area (Å²) in [5.41, 5.74) is 3.51. The van der Waals surface area contributed by atoms with Gasteiger partial charge in [0, 0.05) is 68.1 Å². The first-order chi connectivity index (χ1) is 15.6. The highest BCUT2D eigenvalue weighted by Crippen LogP contribution is 2.21. The predicted octanol–water partition coefficient (Wildman–Crippen LogP) is 3.25. The van der Waals surface area contributed by atoms with Gasteiger partial charge < -0.3 is 25.3 Å². The zero-order chi connectivity index (χ0) is 22.3. The summed E-state index contributed by atoms with van der Waals surface area (Å²) in [5, 5.41) is 9.58. The first kappa shape index (κ1) is 21.9. The minimum atomic E-state index is -0.277. The van der Waals surface area contributed by atoms with Crippen LogP contribution in [0.1, 0.15) is 12.5 Å². The molecule has 1 fully saturated rings. The van der Waals surface area contributed by atoms with Crippen LogP contribution in [0.3, 0.4) is 0 Å². The van der Waals surface area contributed by atoms with Crippen LogP contribution in [0.2, 0.25) is 0 Å². The highest BCUT2D eigenvalue weighted by atomic mass is 16.5. The zero-order valence-corrected chi connectivity index (χ0v) is 18.3. The molecule has 2 heterocycles. The molecule has 0 atom stereocenters. The third kappa shape index (κ3) is 5.87. The number of nitrogens with one attached hydrogen (secondary N) is 3. The Hall–Kier alpha value is -3.36. The lowest BCUT2D eigenvalue weighted by atomic mass is 10.2. The molecule has 3 amide bonds. The number of urea groups is 1. The first-order valence-corrected chi connectivity index (χ1v) is 10.9. The average Bonchev–Trinajstić information content (AvgIpc) is 3.19. The monoisotopic (exact) mass is 435 g/mol. The summed E-state index contributed by atoms with van der Waals surface area (Å²) in [5.74, 6) is -0.127. The van der Waals surface area contributed by atoms with Crippen LogP contribution >= 0.6 is 0 Å². The molecule has 0 spiro atoms. The van der Waals surface area contributed by atoms with E-state index in [1.165, 1.54) is 6.92 Å². The molecule has 0 radical (unpaired) electrons. The fourth-order valence-electron chi connectivity index (χ4n) is 3.87. The fraction of sp³-hybridized carbons (Fsp3) is 0.333. The Labute approximate surface area is 187 Å². The van der Waals surface area contributed by atoms with E-state index < -0.39 is 0 Å². The van der Waals surface area contributed by atoms with Gasteiger partial charge in [-0.25, -0.2) is 4.79 Å². The Morgan fingerprint density at radius 3 is 2.59 bits per heavy atom. The van der Waals surface area contributed by atoms with Crippen molar-refractivity contribution in [2.75, 3.05) is 43.5 Å². The number of anilines is 2. The predicted molar refractivity (Wildman–Crippen MR) is 126 cm³/mol. The highest BCUT2D eigenvalue weighted by molar-refractivity contribution is 5.93. The lowest BCUT2D eigenvalue weighted by Gasteiger charge is -2.26. The molecule has 3 aromatic rings. The number of benzene rings is 2. The van der Waals surface area contributed by atoms with Gasteiger partial charge in [0.2, 0.25) is 5.91 Å². The maximum absolute atomic E-state index is 12.4. The summed E-state index contributed by atoms with van der Waals surface area (Å²) in [7, 11) is 0. The number of amides is 3. The second-order valence-corrected chi connectivity index (χ2v) is 7.93. The maximum Gasteiger partial charge on any atom is 0.319 e. The minimum absolute atomic E-state index is 0.127. The molecule has 3 N–H and O–H groups in total. The van der Waals surface area contributed by atoms with Crippen LogP contribution < -0.4 is 16.0 Å². The van der Waals surface area contributed by atoms with Gasteiger partial charge in [0.25, 0.3) is 0 Å². The van der Waals surface area contributed by atoms with Gasteiger partial charge in [-0.3, -0.25) is 9.69 Å². The number of carbonyl (C=O) groups excluding carboxylic acids is 2. The number of ether oxygens (including phenoxy) is 1. The number of hydrogen-bond donors (Lipinski definition) is 3. The molecule has 1 aliphatic rings. The Balaban J connectivity index is 1.31. The van der Waals surface area contributed by atoms with Crippen molar-refractivity contribution in [3.05, 3.63) is 60.3 Å². The van der Waals surface area contributed by atoms with E-state index in [0.29, 0.717) is 12.2 Å². The van der Waals surface area contributed by atoms with E-state index >= 15 is 0 Å². The molecule has 4 rings (SSSR count). The number of morpholine rings is 1. The molecule has 1 aliphatic heterocycles. The molecule has 168 valence electrons. The van der Waals surface area contributed by atoms with Gasteiger partial charge in [-0.05, 0) is 42.0 Å². The molecule has 0 saturated carbocycles. The minimum Gasteiger partial charge on any atom is -0.379 e. The van der Waals surface area contributed by atoms with E-state index in [-0.39, 0.29) is 11.9 Å². The third-order valence-corrected chi connectivity index (χ3v) is 5.49. The van der Waals surface area contributed by atoms with Crippen molar-refractivity contribution in [1.82, 2.24) is 14.8 Å². The second kappa shape index (κ2) is 10.3. The van der Waals surface area contributed by atoms with Crippen LogP contribution in [-0.4, -0.2) is 54.3 Å². The quantitative estimate of drug-likeness (QED) is 0.532. The van der Waals surface area contributed by atoms with Crippen molar-refractivity contribution >= 4 is 34.2 Å². The van der Waals surface area contributed by atoms with Crippen LogP contribution in [0.5, 0.6) is 0 Å². The molecular weight excluding hydrogens is 406 g/mol. The molecule has 0 unspecified atom stereocenters. The van der Waals surface area contributed by atoms with E-state index in [1.807, 2.05) is 42.5 Å². The van der Waals surface area contributed by atoms with E-state index in [2.05, 4.69) is 37.7 Å². The van der Waals surface area contributed by atoms with Crippen molar-refractivity contribution in [3.63, 3.8) is 0 Å². The van der Waals surface area contributed by atoms with Crippen molar-refractivity contribution in [3.8, 4) is 0 Å². The molecule has 8 nitrogen and oxygen atoms in total. The summed E-state index contributed by atoms with van der Waals surface area (Å²) in [6.45, 7) is 7.34. The number of carbonyl (C=O) groups is 2. The Morgan fingerprint density at radius 2 is 1.78 bits per heavy atom. The zero-order valence-electron chi connectivity index (χ0n) is 18.3. The summed E-state index contributed by atoms with van der Waals surface area (Å²) in [6.07, 6.45) is 2.09. The van der Waals surface area contributed by atoms with Crippen LogP contribution in [0.15, 0.2) is 54.7 Å². The number of nitrogens with zero attached hydrogens (tertiary/aromatic N) is 2. The number of rotatable bonds is 7. The van der Waals surface area contributed by atoms with Gasteiger partial charge in [-0.15, -0.1) is 0 Å². The first-order valence-electron chi connectivity index (χ1n) is 10.9. The number of hydrogen-bond acceptors (Lipinski definition) is 4. The van der Waals surface area contributed by atoms with Gasteiger partial charge in [0.15, 0.2) is 0 Å². The van der Waals surface area contributed by atoms with Crippen LogP contribution in [0.4, 0.5) is 16.2 Å². The Kier molecular flexibility index (Phi) is 7.03. The van der Waals surface area contributed by atoms with Crippen molar-refractivity contribution in [2.24, 2.45) is 0 Å². The summed E-state index contributed by atoms with van der Waals surface area (Å²) < 4.78 is 7.66. The average molecular weight is 436 g/mol. The van der Waals surface area contributed by atoms with E-state index in [1.54, 1.807) is 0 Å². The number of fused-ring (bicyclic) bond motifs is 1. The SMILES string of the molecule is CC(=O)Nc1cccc(CNC(=O)Nc2ccc3c(ccn3CCN3CCOCC3)c2)c1. The van der Waals surface area contributed by atoms with Gasteiger partial charge in [-0.1, -0.05) is 12.1 Å². The summed E-state index contributed by atoms with van der Waals surface area (Å²) in [4.78, 5) is 26.0. The summed E-state index contributed by atoms with van der Waals surface area (Å²) >= 11 is 0. The second-order valence-electron chi connectivity index (χ2n) is 7.93. The van der Waals surface area contributed by atoms with E-state index in [9.17, 15) is 9.59 Å². The molecule has 0 bridgehead atoms. The normalized spacial score (nSPS) is 14.3. The standard InChI is InChI=1S/C24H29N5O3/c1-18(30)26-21-4-2-3-19(15-21)17-25-24(31)27-22-5-6-23-20(16-22)7-8-29(23)10-9-28-11-13-32-14-12-28/h2-8,15-16H,9-14,17H2,1H3,(H,26,30)(H2,25,27,31). The molecular formula is C24H29N5O3. The highest BCUT2D eigenvalue weighted by Gasteiger charge is 2.11. The van der Waals surface area contributed by atoms with Gasteiger partial charge in [0.1, 0.15) is 0 Å². The number of aromatic nitrogens is 1. The fourth-order valence-corrected chi connectivity index (χ4v) is 3.87. The van der Waals surface area contributed by atoms with Crippen molar-refractivity contribution in [2.45, 2.75) is 20.0 Å². The van der Waals surface area contributed by atoms with Gasteiger partial charge in [-0.2, -0.15) is 0 Å². The topological polar surface area (TPSA) is 87.6 Å². The molecule has 1 saturated heterocycles. The van der Waals surface area contributed by atoms with Crippen LogP contribution in [0, 0.1) is 0 Å². The summed E-state index contributed by atoms with van der Waals surface area (Å²) in [6, 6.07) is 15.1. The van der Waals surface area contributed by atoms with E-state index in [0.717, 1.165) is 61.5 Å². The molecule has 1 aromatic heterocycles. The Bertz CT molecular complexity index is 1090. The lowest BCUT2D eigenvalue weighted by Crippen LogP contribution is -2.38. The van der Waals surface area contributed by atoms with Crippen LogP contribution in [0.25, 0.3) is 10.9 Å². The Morgan fingerprint density at radius 1 is 0.969 bits per heavy atom. The van der Waals surface area contributed by atoms with Crippen LogP contribution in [-0.2, 0) is 22.6 Å². The largest absolute Gasteiger partial charge is 0.379 e. The molecule has 32 heavy (non-hydrogen) atoms. The molecule has 2 aromatic carbocycles. The van der Waals surface area contributed by atoms with E-state index in [4.69, 9.17) is 4.74 Å². The van der Waals surface area contributed by atoms with Crippen molar-refractivity contribution < 1.29 is 14.3 Å². The third-order valence-electron chi connectivity index (χ3n) is 5.49. The van der Waals surface area contributed by atoms with Crippen molar-refractivity contribution in [1.29, 1.82) is 0 Å². The smallest absolute Gasteiger partial charge is 0.319 e. The van der Waals surface area contributed by atoms with Gasteiger partial charge in [0.05, 0.1) is 13.2 Å². The molecule has 0 aliphatic carbocycles.